The monoisotopic (exact) mass is 1460 g/mol. The second-order valence-electron chi connectivity index (χ2n) is 42.1. The van der Waals surface area contributed by atoms with Gasteiger partial charge in [0, 0.05) is 56.4 Å². The molecule has 1 fully saturated rings. The van der Waals surface area contributed by atoms with Crippen LogP contribution in [0.15, 0.2) is 72.8 Å². The normalized spacial score (nSPS) is 19.9. The van der Waals surface area contributed by atoms with Gasteiger partial charge in [-0.15, -0.1) is 0 Å². The number of hydrogen-bond acceptors (Lipinski definition) is 7. The van der Waals surface area contributed by atoms with Crippen molar-refractivity contribution in [3.63, 3.8) is 0 Å². The molecule has 32 aromatic carbocycles. The number of H-pyrrole nitrogens is 2. The molecule has 0 radical (unpaired) electrons. The molecule has 35 aromatic rings. The van der Waals surface area contributed by atoms with Crippen LogP contribution in [0.1, 0.15) is 113 Å². The molecule has 3 aliphatic heterocycles. The fourth-order valence-corrected chi connectivity index (χ4v) is 33.6. The molecule has 2 N–H and O–H groups in total. The maximum absolute atomic E-state index is 6.03. The Morgan fingerprint density at radius 1 is 0.276 bits per heavy atom. The van der Waals surface area contributed by atoms with Crippen LogP contribution >= 0.6 is 0 Å². The van der Waals surface area contributed by atoms with Crippen molar-refractivity contribution in [2.75, 3.05) is 13.6 Å². The minimum Gasteiger partial charge on any atom is -0.324 e. The highest BCUT2D eigenvalue weighted by atomic mass is 15.2. The van der Waals surface area contributed by atoms with Gasteiger partial charge in [0.25, 0.3) is 0 Å². The molecule has 9 heteroatoms. The maximum Gasteiger partial charge on any atom is 0.165 e. The summed E-state index contributed by atoms with van der Waals surface area (Å²) in [6.45, 7) is 21.6. The quantitative estimate of drug-likeness (QED) is 0.157. The third-order valence-electron chi connectivity index (χ3n) is 35.6. The average molecular weight is 1460 g/mol. The van der Waals surface area contributed by atoms with Crippen molar-refractivity contribution in [2.45, 2.75) is 95.4 Å². The van der Waals surface area contributed by atoms with Crippen molar-refractivity contribution < 1.29 is 0 Å². The molecule has 7 aliphatic rings. The van der Waals surface area contributed by atoms with Gasteiger partial charge in [-0.25, -0.2) is 29.9 Å². The second-order valence-corrected chi connectivity index (χ2v) is 42.1. The molecular formula is C107H47N9. The van der Waals surface area contributed by atoms with E-state index >= 15 is 0 Å². The van der Waals surface area contributed by atoms with E-state index in [0.29, 0.717) is 34.6 Å². The van der Waals surface area contributed by atoms with Gasteiger partial charge >= 0.3 is 0 Å². The summed E-state index contributed by atoms with van der Waals surface area (Å²) in [5.41, 5.74) is 16.6. The Balaban J connectivity index is 0.703. The lowest BCUT2D eigenvalue weighted by molar-refractivity contribution is 0.272. The number of benzene rings is 21. The summed E-state index contributed by atoms with van der Waals surface area (Å²) in [6.07, 6.45) is 0. The van der Waals surface area contributed by atoms with E-state index in [0.717, 1.165) is 61.6 Å². The highest BCUT2D eigenvalue weighted by molar-refractivity contribution is 6.82. The zero-order valence-corrected chi connectivity index (χ0v) is 63.8. The minimum absolute atomic E-state index is 0.125. The van der Waals surface area contributed by atoms with E-state index in [1.165, 1.54) is 22.3 Å². The molecule has 42 rings (SSSR count). The molecule has 116 heavy (non-hydrogen) atoms. The van der Waals surface area contributed by atoms with E-state index in [1.54, 1.807) is 313 Å². The largest absolute Gasteiger partial charge is 0.324 e. The Labute approximate surface area is 647 Å². The van der Waals surface area contributed by atoms with Crippen LogP contribution in [0.2, 0.25) is 0 Å². The number of nitrogens with zero attached hydrogens (tertiary/aromatic N) is 7. The van der Waals surface area contributed by atoms with E-state index in [-0.39, 0.29) is 22.3 Å². The molecule has 6 heterocycles. The lowest BCUT2D eigenvalue weighted by Crippen LogP contribution is -2.50. The van der Waals surface area contributed by atoms with Crippen LogP contribution in [0.4, 0.5) is 0 Å². The topological polar surface area (TPSA) is 112 Å². The summed E-state index contributed by atoms with van der Waals surface area (Å²) < 4.78 is 0. The van der Waals surface area contributed by atoms with Crippen molar-refractivity contribution in [1.82, 2.24) is 44.8 Å². The summed E-state index contributed by atoms with van der Waals surface area (Å²) in [6, 6.07) is 27.5. The minimum atomic E-state index is -0.577. The first-order valence-corrected chi connectivity index (χ1v) is 42.4. The molecule has 1 saturated heterocycles. The zero-order valence-electron chi connectivity index (χ0n) is 63.8. The van der Waals surface area contributed by atoms with Crippen LogP contribution in [0.25, 0.3) is 381 Å². The van der Waals surface area contributed by atoms with Crippen molar-refractivity contribution in [3.05, 3.63) is 117 Å². The van der Waals surface area contributed by atoms with Gasteiger partial charge in [0.2, 0.25) is 0 Å². The number of rotatable bonds is 1. The van der Waals surface area contributed by atoms with Crippen LogP contribution in [0.3, 0.4) is 0 Å². The van der Waals surface area contributed by atoms with Crippen molar-refractivity contribution in [2.24, 2.45) is 0 Å². The van der Waals surface area contributed by atoms with Crippen molar-refractivity contribution in [3.8, 4) is 45.6 Å². The van der Waals surface area contributed by atoms with Crippen molar-refractivity contribution in [1.29, 1.82) is 0 Å². The number of aromatic nitrogens is 8. The lowest BCUT2D eigenvalue weighted by Gasteiger charge is -2.50. The summed E-state index contributed by atoms with van der Waals surface area (Å²) in [5.74, 6) is 2.52. The average Bonchev–Trinajstić information content (AvgIpc) is 1.38. The summed E-state index contributed by atoms with van der Waals surface area (Å²) >= 11 is 0. The molecule has 520 valence electrons. The number of aromatic amines is 2. The standard InChI is InChI=1S/C107H47N9/c1-103(2,3)30-17-11-14-26-33(30)100-111-96(26)108-95-25-21-20-24(22-29(25)99(109-95)110-97-27-15-12-18-31(104(4,5)6)34(27)101(112-97)115-102-35-28(98(113-100)114-102)16-13-19-32(35)105(7,8)9)94-107-92-85-77-65-57-48-39-37-36-38-42(39)51-58-56-47(38)49-45-40(36)43-44-41(37)46-50(48)63(65)71-69-55(46)53(44)61-60-52(43)54(45)68-70-62(49)64(56)76-78-66(58)67(59(51)57)79(77)88(92)87(78)90-83(76)81(70)84-74(68)72(60)80-73(61)75(69)86(82(71)85)93(107)89(80)91(84)106(90,107)23-116(94)10/h11-22,94H,23H2,1-10H3,(H2,108,109,110,111,112,113,114,115). The van der Waals surface area contributed by atoms with Crippen LogP contribution in [0, 0.1) is 0 Å². The molecule has 3 atom stereocenters. The maximum atomic E-state index is 6.03. The first kappa shape index (κ1) is 52.1. The molecule has 9 nitrogen and oxygen atoms in total. The summed E-state index contributed by atoms with van der Waals surface area (Å²) in [7, 11) is 2.58. The number of likely N-dealkylation sites (N-methyl/N-ethyl adjacent to an activating group) is 1. The van der Waals surface area contributed by atoms with E-state index < -0.39 is 10.8 Å². The SMILES string of the molecule is CN1CC23c4c5c6c7c8c9c(c%10c%11c2c2c%12c4c4c%13c5c5c7c7c8c8c%14c9c%10c9c%10c%11c2c2c%11c%12c4c4c%12c%13c5c5c7c7c8c8c%14c9c9c%10c2c2c%11c4c4c%12c5c7c5c8c9c2c45)C63C1c1ccc2c(c1)-c1nc-2nc2[nH]c(nc3nc(nc4[nH]c(n1)c1cccc(C(C)(C)C)c41)-c1c-3cccc1C(C)(C)C)c1c(C(C)(C)C)cccc21. The highest BCUT2D eigenvalue weighted by Crippen LogP contribution is 2.87. The Hall–Kier alpha value is -13.3. The predicted molar refractivity (Wildman–Crippen MR) is 481 cm³/mol. The van der Waals surface area contributed by atoms with Crippen LogP contribution < -0.4 is 0 Å². The van der Waals surface area contributed by atoms with E-state index in [9.17, 15) is 0 Å². The molecular weight excluding hydrogens is 1410 g/mol. The van der Waals surface area contributed by atoms with Crippen LogP contribution in [-0.2, 0) is 27.1 Å². The van der Waals surface area contributed by atoms with Gasteiger partial charge in [-0.1, -0.05) is 129 Å². The van der Waals surface area contributed by atoms with Crippen LogP contribution in [0.5, 0.6) is 0 Å². The summed E-state index contributed by atoms with van der Waals surface area (Å²) in [4.78, 5) is 45.7. The Morgan fingerprint density at radius 2 is 0.569 bits per heavy atom. The Kier molecular flexibility index (Phi) is 6.00. The van der Waals surface area contributed by atoms with Crippen LogP contribution in [-0.4, -0.2) is 58.4 Å². The van der Waals surface area contributed by atoms with Gasteiger partial charge in [-0.05, 0) is 365 Å². The smallest absolute Gasteiger partial charge is 0.165 e. The molecule has 8 bridgehead atoms. The van der Waals surface area contributed by atoms with E-state index in [4.69, 9.17) is 29.9 Å². The fraction of sp³-hybridized carbons (Fsp3) is 0.159. The summed E-state index contributed by atoms with van der Waals surface area (Å²) in [5, 5.41) is 91.5. The highest BCUT2D eigenvalue weighted by Gasteiger charge is 2.76. The van der Waals surface area contributed by atoms with Gasteiger partial charge in [0.1, 0.15) is 22.6 Å². The van der Waals surface area contributed by atoms with Crippen molar-refractivity contribution >= 4 is 335 Å². The molecule has 0 amide bonds. The second kappa shape index (κ2) is 13.4. The molecule has 3 aromatic heterocycles. The molecule has 0 saturated carbocycles. The molecule has 2 spiro atoms. The Morgan fingerprint density at radius 3 is 0.983 bits per heavy atom. The predicted octanol–water partition coefficient (Wildman–Crippen LogP) is 27.1. The first-order chi connectivity index (χ1) is 56.5. The number of hydrogen-bond donors (Lipinski definition) is 2. The zero-order chi connectivity index (χ0) is 73.5. The third-order valence-corrected chi connectivity index (χ3v) is 35.6. The van der Waals surface area contributed by atoms with Gasteiger partial charge < -0.3 is 9.97 Å². The number of nitrogens with one attached hydrogen (secondary N) is 2. The Bertz CT molecular complexity index is 11100. The lowest BCUT2D eigenvalue weighted by atomic mass is 9.49. The van der Waals surface area contributed by atoms with Gasteiger partial charge in [-0.3, -0.25) is 4.90 Å². The molecule has 3 unspecified atom stereocenters. The van der Waals surface area contributed by atoms with Gasteiger partial charge in [0.05, 0.1) is 10.8 Å². The third kappa shape index (κ3) is 3.76. The number of fused-ring (bicyclic) bond motifs is 20. The first-order valence-electron chi connectivity index (χ1n) is 42.4. The number of likely N-dealkylation sites (tertiary alicyclic amines) is 1. The van der Waals surface area contributed by atoms with Gasteiger partial charge in [0.15, 0.2) is 23.3 Å². The molecule has 4 aliphatic carbocycles. The fourth-order valence-electron chi connectivity index (χ4n) is 33.6. The van der Waals surface area contributed by atoms with E-state index in [2.05, 4.69) is 157 Å². The van der Waals surface area contributed by atoms with E-state index in [1.807, 2.05) is 0 Å². The van der Waals surface area contributed by atoms with Gasteiger partial charge in [-0.2, -0.15) is 0 Å².